The minimum atomic E-state index is 0. The van der Waals surface area contributed by atoms with Crippen molar-refractivity contribution >= 4 is 29.9 Å². The largest absolute Gasteiger partial charge is 0.380 e. The number of pyridine rings is 1. The summed E-state index contributed by atoms with van der Waals surface area (Å²) >= 11 is 0. The van der Waals surface area contributed by atoms with E-state index >= 15 is 0 Å². The average Bonchev–Trinajstić information content (AvgIpc) is 2.38. The Labute approximate surface area is 131 Å². The second kappa shape index (κ2) is 7.64. The van der Waals surface area contributed by atoms with Gasteiger partial charge in [0.1, 0.15) is 0 Å². The van der Waals surface area contributed by atoms with Gasteiger partial charge in [-0.3, -0.25) is 9.98 Å². The summed E-state index contributed by atoms with van der Waals surface area (Å²) < 4.78 is 5.22. The van der Waals surface area contributed by atoms with Crippen molar-refractivity contribution in [2.75, 3.05) is 26.8 Å². The molecular weight excluding hydrogens is 355 g/mol. The zero-order chi connectivity index (χ0) is 12.8. The summed E-state index contributed by atoms with van der Waals surface area (Å²) in [6, 6.07) is 5.88. The third-order valence-corrected chi connectivity index (χ3v) is 2.97. The number of aliphatic imine (C=N–C) groups is 1. The molecule has 0 unspecified atom stereocenters. The summed E-state index contributed by atoms with van der Waals surface area (Å²) in [6.45, 7) is 5.38. The van der Waals surface area contributed by atoms with Gasteiger partial charge in [0, 0.05) is 25.2 Å². The van der Waals surface area contributed by atoms with Crippen molar-refractivity contribution in [3.05, 3.63) is 30.1 Å². The summed E-state index contributed by atoms with van der Waals surface area (Å²) in [5.74, 6) is 0.800. The summed E-state index contributed by atoms with van der Waals surface area (Å²) in [4.78, 5) is 8.45. The molecule has 0 aliphatic carbocycles. The van der Waals surface area contributed by atoms with Crippen molar-refractivity contribution in [1.82, 2.24) is 15.6 Å². The zero-order valence-electron chi connectivity index (χ0n) is 11.3. The molecule has 0 spiro atoms. The van der Waals surface area contributed by atoms with Gasteiger partial charge in [0.2, 0.25) is 0 Å². The highest BCUT2D eigenvalue weighted by Crippen LogP contribution is 2.24. The normalized spacial score (nSPS) is 17.1. The number of hydrogen-bond acceptors (Lipinski definition) is 3. The molecule has 1 saturated heterocycles. The molecule has 5 nitrogen and oxygen atoms in total. The van der Waals surface area contributed by atoms with Crippen LogP contribution in [-0.4, -0.2) is 37.7 Å². The molecule has 0 amide bonds. The number of aromatic nitrogens is 1. The molecular formula is C13H21IN4O. The number of halogens is 1. The molecule has 1 aromatic rings. The maximum atomic E-state index is 5.22. The van der Waals surface area contributed by atoms with E-state index in [1.807, 2.05) is 18.2 Å². The van der Waals surface area contributed by atoms with Crippen molar-refractivity contribution in [3.8, 4) is 0 Å². The Balaban J connectivity index is 0.00000180. The number of nitrogens with zero attached hydrogens (tertiary/aromatic N) is 2. The van der Waals surface area contributed by atoms with Gasteiger partial charge in [-0.1, -0.05) is 13.0 Å². The molecule has 2 N–H and O–H groups in total. The van der Waals surface area contributed by atoms with Gasteiger partial charge in [0.05, 0.1) is 25.5 Å². The van der Waals surface area contributed by atoms with Gasteiger partial charge < -0.3 is 15.4 Å². The predicted octanol–water partition coefficient (Wildman–Crippen LogP) is 1.40. The lowest BCUT2D eigenvalue weighted by Crippen LogP contribution is -2.50. The van der Waals surface area contributed by atoms with E-state index in [4.69, 9.17) is 4.74 Å². The maximum Gasteiger partial charge on any atom is 0.191 e. The van der Waals surface area contributed by atoms with Gasteiger partial charge in [-0.15, -0.1) is 24.0 Å². The van der Waals surface area contributed by atoms with Crippen LogP contribution in [0.2, 0.25) is 0 Å². The minimum absolute atomic E-state index is 0. The molecule has 0 atom stereocenters. The molecule has 0 aromatic carbocycles. The smallest absolute Gasteiger partial charge is 0.191 e. The van der Waals surface area contributed by atoms with Crippen LogP contribution in [0.1, 0.15) is 12.6 Å². The van der Waals surface area contributed by atoms with Gasteiger partial charge in [0.15, 0.2) is 5.96 Å². The maximum absolute atomic E-state index is 5.22. The third kappa shape index (κ3) is 4.94. The first kappa shape index (κ1) is 16.2. The van der Waals surface area contributed by atoms with Gasteiger partial charge >= 0.3 is 0 Å². The fraction of sp³-hybridized carbons (Fsp3) is 0.538. The summed E-state index contributed by atoms with van der Waals surface area (Å²) in [7, 11) is 1.77. The van der Waals surface area contributed by atoms with E-state index in [0.29, 0.717) is 6.54 Å². The Morgan fingerprint density at radius 1 is 1.42 bits per heavy atom. The van der Waals surface area contributed by atoms with Crippen molar-refractivity contribution in [3.63, 3.8) is 0 Å². The van der Waals surface area contributed by atoms with E-state index in [1.165, 1.54) is 0 Å². The van der Waals surface area contributed by atoms with Crippen LogP contribution in [-0.2, 0) is 11.3 Å². The molecule has 1 aliphatic rings. The first-order chi connectivity index (χ1) is 8.72. The fourth-order valence-corrected chi connectivity index (χ4v) is 1.75. The van der Waals surface area contributed by atoms with Crippen LogP contribution in [0, 0.1) is 5.41 Å². The van der Waals surface area contributed by atoms with Crippen LogP contribution in [0.3, 0.4) is 0 Å². The molecule has 0 radical (unpaired) electrons. The van der Waals surface area contributed by atoms with E-state index in [-0.39, 0.29) is 29.4 Å². The fourth-order valence-electron chi connectivity index (χ4n) is 1.75. The number of nitrogens with one attached hydrogen (secondary N) is 2. The minimum Gasteiger partial charge on any atom is -0.380 e. The van der Waals surface area contributed by atoms with Gasteiger partial charge in [-0.2, -0.15) is 0 Å². The van der Waals surface area contributed by atoms with Gasteiger partial charge in [-0.05, 0) is 12.1 Å². The molecule has 1 aromatic heterocycles. The lowest BCUT2D eigenvalue weighted by molar-refractivity contribution is -0.0971. The number of hydrogen-bond donors (Lipinski definition) is 2. The highest BCUT2D eigenvalue weighted by atomic mass is 127. The molecule has 6 heteroatoms. The van der Waals surface area contributed by atoms with Crippen LogP contribution in [0.5, 0.6) is 0 Å². The Morgan fingerprint density at radius 3 is 2.74 bits per heavy atom. The highest BCUT2D eigenvalue weighted by molar-refractivity contribution is 14.0. The Hall–Kier alpha value is -0.890. The lowest BCUT2D eigenvalue weighted by Gasteiger charge is -2.38. The van der Waals surface area contributed by atoms with E-state index in [0.717, 1.165) is 31.4 Å². The number of rotatable bonds is 4. The van der Waals surface area contributed by atoms with E-state index in [9.17, 15) is 0 Å². The summed E-state index contributed by atoms with van der Waals surface area (Å²) in [5.41, 5.74) is 1.24. The molecule has 0 bridgehead atoms. The monoisotopic (exact) mass is 376 g/mol. The Morgan fingerprint density at radius 2 is 2.21 bits per heavy atom. The summed E-state index contributed by atoms with van der Waals surface area (Å²) in [6.07, 6.45) is 1.79. The number of guanidine groups is 1. The Kier molecular flexibility index (Phi) is 6.50. The molecule has 1 aliphatic heterocycles. The van der Waals surface area contributed by atoms with Crippen LogP contribution in [0.25, 0.3) is 0 Å². The van der Waals surface area contributed by atoms with Gasteiger partial charge in [0.25, 0.3) is 0 Å². The van der Waals surface area contributed by atoms with Crippen LogP contribution >= 0.6 is 24.0 Å². The molecule has 0 saturated carbocycles. The SMILES string of the molecule is CN=C(NCc1ccccn1)NCC1(C)COC1.I. The second-order valence-corrected chi connectivity index (χ2v) is 4.90. The first-order valence-corrected chi connectivity index (χ1v) is 6.14. The standard InChI is InChI=1S/C13H20N4O.HI/c1-13(9-18-10-13)8-17-12(14-2)16-7-11-5-3-4-6-15-11;/h3-6H,7-10H2,1-2H3,(H2,14,16,17);1H. The quantitative estimate of drug-likeness (QED) is 0.474. The second-order valence-electron chi connectivity index (χ2n) is 4.90. The molecule has 2 rings (SSSR count). The van der Waals surface area contributed by atoms with Crippen LogP contribution in [0.4, 0.5) is 0 Å². The molecule has 1 fully saturated rings. The van der Waals surface area contributed by atoms with E-state index < -0.39 is 0 Å². The number of ether oxygens (including phenoxy) is 1. The molecule has 2 heterocycles. The van der Waals surface area contributed by atoms with Crippen molar-refractivity contribution in [2.24, 2.45) is 10.4 Å². The zero-order valence-corrected chi connectivity index (χ0v) is 13.7. The molecule has 19 heavy (non-hydrogen) atoms. The van der Waals surface area contributed by atoms with Crippen molar-refractivity contribution in [2.45, 2.75) is 13.5 Å². The average molecular weight is 376 g/mol. The van der Waals surface area contributed by atoms with E-state index in [2.05, 4.69) is 27.5 Å². The van der Waals surface area contributed by atoms with Crippen LogP contribution in [0.15, 0.2) is 29.4 Å². The Bertz CT molecular complexity index is 406. The third-order valence-electron chi connectivity index (χ3n) is 2.97. The van der Waals surface area contributed by atoms with Crippen molar-refractivity contribution < 1.29 is 4.74 Å². The summed E-state index contributed by atoms with van der Waals surface area (Å²) in [5, 5.41) is 6.56. The van der Waals surface area contributed by atoms with Crippen molar-refractivity contribution in [1.29, 1.82) is 0 Å². The van der Waals surface area contributed by atoms with E-state index in [1.54, 1.807) is 13.2 Å². The van der Waals surface area contributed by atoms with Gasteiger partial charge in [-0.25, -0.2) is 0 Å². The topological polar surface area (TPSA) is 58.5 Å². The highest BCUT2D eigenvalue weighted by Gasteiger charge is 2.33. The first-order valence-electron chi connectivity index (χ1n) is 6.14. The van der Waals surface area contributed by atoms with Crippen LogP contribution < -0.4 is 10.6 Å². The predicted molar refractivity (Wildman–Crippen MR) is 86.8 cm³/mol. The lowest BCUT2D eigenvalue weighted by atomic mass is 9.89. The molecule has 106 valence electrons.